The van der Waals surface area contributed by atoms with Gasteiger partial charge in [-0.2, -0.15) is 0 Å². The Hall–Kier alpha value is -1.05. The van der Waals surface area contributed by atoms with Gasteiger partial charge in [-0.3, -0.25) is 0 Å². The van der Waals surface area contributed by atoms with Crippen molar-refractivity contribution in [1.29, 1.82) is 0 Å². The Bertz CT molecular complexity index is 161. The lowest BCUT2D eigenvalue weighted by molar-refractivity contribution is -0.117. The molecule has 0 fully saturated rings. The summed E-state index contributed by atoms with van der Waals surface area (Å²) >= 11 is 0. The van der Waals surface area contributed by atoms with E-state index in [9.17, 15) is 4.79 Å². The Kier molecular flexibility index (Phi) is 7.35. The lowest BCUT2D eigenvalue weighted by Crippen LogP contribution is -1.86. The molecule has 0 bridgehead atoms. The Morgan fingerprint density at radius 1 is 1.33 bits per heavy atom. The molecule has 1 aromatic heterocycles. The van der Waals surface area contributed by atoms with Gasteiger partial charge in [-0.1, -0.05) is 13.3 Å². The molecule has 1 aromatic rings. The maximum atomic E-state index is 10.2. The van der Waals surface area contributed by atoms with Crippen LogP contribution in [0.25, 0.3) is 0 Å². The molecule has 0 aliphatic rings. The lowest BCUT2D eigenvalue weighted by atomic mass is 10.2. The summed E-state index contributed by atoms with van der Waals surface area (Å²) in [4.78, 5) is 10.2. The van der Waals surface area contributed by atoms with Crippen LogP contribution in [-0.2, 0) is 4.79 Å². The number of unbranched alkanes of at least 4 members (excludes halogenated alkanes) is 1. The molecule has 0 saturated heterocycles. The molecule has 0 saturated carbocycles. The molecule has 0 amide bonds. The molecule has 2 heteroatoms. The largest absolute Gasteiger partial charge is 0.473 e. The van der Waals surface area contributed by atoms with Gasteiger partial charge in [-0.25, -0.2) is 0 Å². The first-order valence-corrected chi connectivity index (χ1v) is 4.24. The zero-order chi connectivity index (χ0) is 9.23. The maximum Gasteiger partial charge on any atom is 0.129 e. The molecule has 68 valence electrons. The second-order valence-corrected chi connectivity index (χ2v) is 2.60. The number of rotatable bonds is 3. The van der Waals surface area contributed by atoms with Crippen molar-refractivity contribution in [2.45, 2.75) is 33.1 Å². The highest BCUT2D eigenvalue weighted by Crippen LogP contribution is 1.92. The van der Waals surface area contributed by atoms with E-state index in [1.54, 1.807) is 19.5 Å². The van der Waals surface area contributed by atoms with Gasteiger partial charge in [0.2, 0.25) is 0 Å². The smallest absolute Gasteiger partial charge is 0.129 e. The summed E-state index contributed by atoms with van der Waals surface area (Å²) in [6.07, 6.45) is 6.19. The monoisotopic (exact) mass is 168 g/mol. The van der Waals surface area contributed by atoms with Crippen LogP contribution in [0.5, 0.6) is 0 Å². The first-order chi connectivity index (χ1) is 5.77. The van der Waals surface area contributed by atoms with Crippen molar-refractivity contribution >= 4 is 5.78 Å². The molecule has 1 heterocycles. The Balaban J connectivity index is 0.000000211. The van der Waals surface area contributed by atoms with Crippen LogP contribution in [0, 0.1) is 0 Å². The Morgan fingerprint density at radius 2 is 1.92 bits per heavy atom. The summed E-state index contributed by atoms with van der Waals surface area (Å²) in [5, 5.41) is 0. The molecule has 0 aliphatic carbocycles. The average molecular weight is 168 g/mol. The maximum absolute atomic E-state index is 10.2. The third-order valence-electron chi connectivity index (χ3n) is 1.31. The summed E-state index contributed by atoms with van der Waals surface area (Å²) in [5.74, 6) is 0.307. The summed E-state index contributed by atoms with van der Waals surface area (Å²) in [7, 11) is 0. The quantitative estimate of drug-likeness (QED) is 0.694. The van der Waals surface area contributed by atoms with E-state index in [1.807, 2.05) is 12.1 Å². The molecule has 0 unspecified atom stereocenters. The second kappa shape index (κ2) is 8.05. The summed E-state index contributed by atoms with van der Waals surface area (Å²) in [6, 6.07) is 3.67. The van der Waals surface area contributed by atoms with Crippen molar-refractivity contribution in [3.63, 3.8) is 0 Å². The highest BCUT2D eigenvalue weighted by molar-refractivity contribution is 5.75. The van der Waals surface area contributed by atoms with Gasteiger partial charge in [0.15, 0.2) is 0 Å². The molecular formula is C10H16O2. The molecule has 0 atom stereocenters. The van der Waals surface area contributed by atoms with Crippen LogP contribution in [0.1, 0.15) is 33.1 Å². The van der Waals surface area contributed by atoms with E-state index in [4.69, 9.17) is 0 Å². The molecule has 0 aromatic carbocycles. The average Bonchev–Trinajstić information content (AvgIpc) is 2.57. The van der Waals surface area contributed by atoms with Crippen molar-refractivity contribution in [2.75, 3.05) is 0 Å². The van der Waals surface area contributed by atoms with Gasteiger partial charge in [0.25, 0.3) is 0 Å². The molecule has 2 nitrogen and oxygen atoms in total. The minimum absolute atomic E-state index is 0.307. The van der Waals surface area contributed by atoms with E-state index < -0.39 is 0 Å². The van der Waals surface area contributed by atoms with Crippen molar-refractivity contribution in [3.8, 4) is 0 Å². The predicted molar refractivity (Wildman–Crippen MR) is 48.9 cm³/mol. The third kappa shape index (κ3) is 8.95. The van der Waals surface area contributed by atoms with E-state index in [0.29, 0.717) is 5.78 Å². The van der Waals surface area contributed by atoms with Crippen molar-refractivity contribution < 1.29 is 9.21 Å². The number of carbonyl (C=O) groups excluding carboxylic acids is 1. The first-order valence-electron chi connectivity index (χ1n) is 4.24. The standard InChI is InChI=1S/C6H12O.C4H4O/c1-3-4-5-6(2)7;1-2-4-5-3-1/h3-5H2,1-2H3;1-4H. The second-order valence-electron chi connectivity index (χ2n) is 2.60. The van der Waals surface area contributed by atoms with E-state index in [0.717, 1.165) is 19.3 Å². The van der Waals surface area contributed by atoms with E-state index in [-0.39, 0.29) is 0 Å². The van der Waals surface area contributed by atoms with Gasteiger partial charge in [-0.15, -0.1) is 0 Å². The first kappa shape index (κ1) is 11.0. The van der Waals surface area contributed by atoms with Crippen molar-refractivity contribution in [1.82, 2.24) is 0 Å². The van der Waals surface area contributed by atoms with Crippen LogP contribution < -0.4 is 0 Å². The zero-order valence-corrected chi connectivity index (χ0v) is 7.75. The van der Waals surface area contributed by atoms with Crippen molar-refractivity contribution in [3.05, 3.63) is 24.7 Å². The molecule has 0 N–H and O–H groups in total. The van der Waals surface area contributed by atoms with E-state index >= 15 is 0 Å². The molecule has 0 aliphatic heterocycles. The fourth-order valence-electron chi connectivity index (χ4n) is 0.653. The van der Waals surface area contributed by atoms with Crippen LogP contribution in [0.15, 0.2) is 29.1 Å². The van der Waals surface area contributed by atoms with E-state index in [1.165, 1.54) is 0 Å². The lowest BCUT2D eigenvalue weighted by Gasteiger charge is -1.86. The highest BCUT2D eigenvalue weighted by atomic mass is 16.3. The third-order valence-corrected chi connectivity index (χ3v) is 1.31. The Labute approximate surface area is 73.6 Å². The SMILES string of the molecule is CCCCC(C)=O.c1ccoc1. The van der Waals surface area contributed by atoms with Gasteiger partial charge in [0, 0.05) is 6.42 Å². The van der Waals surface area contributed by atoms with Crippen molar-refractivity contribution in [2.24, 2.45) is 0 Å². The fraction of sp³-hybridized carbons (Fsp3) is 0.500. The highest BCUT2D eigenvalue weighted by Gasteiger charge is 1.87. The van der Waals surface area contributed by atoms with Gasteiger partial charge >= 0.3 is 0 Å². The number of hydrogen-bond donors (Lipinski definition) is 0. The Morgan fingerprint density at radius 3 is 2.08 bits per heavy atom. The fourth-order valence-corrected chi connectivity index (χ4v) is 0.653. The van der Waals surface area contributed by atoms with Crippen LogP contribution in [-0.4, -0.2) is 5.78 Å². The van der Waals surface area contributed by atoms with E-state index in [2.05, 4.69) is 11.3 Å². The van der Waals surface area contributed by atoms with Crippen LogP contribution in [0.2, 0.25) is 0 Å². The molecule has 12 heavy (non-hydrogen) atoms. The summed E-state index contributed by atoms with van der Waals surface area (Å²) in [6.45, 7) is 3.72. The van der Waals surface area contributed by atoms with Gasteiger partial charge in [0.05, 0.1) is 12.5 Å². The molecule has 0 radical (unpaired) electrons. The molecule has 1 rings (SSSR count). The van der Waals surface area contributed by atoms with Crippen LogP contribution >= 0.6 is 0 Å². The number of hydrogen-bond acceptors (Lipinski definition) is 2. The van der Waals surface area contributed by atoms with Gasteiger partial charge in [0.1, 0.15) is 5.78 Å². The number of furan rings is 1. The van der Waals surface area contributed by atoms with Gasteiger partial charge < -0.3 is 9.21 Å². The topological polar surface area (TPSA) is 30.2 Å². The number of Topliss-reactive ketones (excluding diaryl/α,β-unsaturated/α-hetero) is 1. The summed E-state index contributed by atoms with van der Waals surface area (Å²) < 4.78 is 4.58. The van der Waals surface area contributed by atoms with Crippen LogP contribution in [0.3, 0.4) is 0 Å². The van der Waals surface area contributed by atoms with Crippen LogP contribution in [0.4, 0.5) is 0 Å². The normalized spacial score (nSPS) is 8.50. The number of ketones is 1. The minimum atomic E-state index is 0.307. The molecule has 0 spiro atoms. The predicted octanol–water partition coefficient (Wildman–Crippen LogP) is 3.05. The summed E-state index contributed by atoms with van der Waals surface area (Å²) in [5.41, 5.74) is 0. The minimum Gasteiger partial charge on any atom is -0.473 e. The van der Waals surface area contributed by atoms with Gasteiger partial charge in [-0.05, 0) is 25.5 Å². The zero-order valence-electron chi connectivity index (χ0n) is 7.75. The molecular weight excluding hydrogens is 152 g/mol. The number of carbonyl (C=O) groups is 1.